The molecule has 0 radical (unpaired) electrons. The van der Waals surface area contributed by atoms with Crippen molar-refractivity contribution in [2.45, 2.75) is 64.1 Å². The van der Waals surface area contributed by atoms with Gasteiger partial charge in [0.15, 0.2) is 0 Å². The third kappa shape index (κ3) is 2.70. The van der Waals surface area contributed by atoms with Crippen LogP contribution < -0.4 is 5.73 Å². The van der Waals surface area contributed by atoms with Crippen molar-refractivity contribution in [3.8, 4) is 0 Å². The lowest BCUT2D eigenvalue weighted by atomic mass is 9.96. The summed E-state index contributed by atoms with van der Waals surface area (Å²) in [5.41, 5.74) is 10.5. The van der Waals surface area contributed by atoms with Crippen LogP contribution in [0.25, 0.3) is 0 Å². The van der Waals surface area contributed by atoms with Crippen molar-refractivity contribution in [2.24, 2.45) is 5.73 Å². The number of benzene rings is 1. The molecule has 1 aromatic carbocycles. The van der Waals surface area contributed by atoms with Crippen LogP contribution in [0.15, 0.2) is 18.2 Å². The normalized spacial score (nSPS) is 30.8. The molecular formula is C17H26N2. The van der Waals surface area contributed by atoms with Crippen LogP contribution in [-0.4, -0.2) is 29.6 Å². The molecule has 2 N–H and O–H groups in total. The molecule has 0 saturated carbocycles. The number of nitrogens with two attached hydrogens (primary N) is 1. The monoisotopic (exact) mass is 258 g/mol. The zero-order valence-electron chi connectivity index (χ0n) is 12.2. The quantitative estimate of drug-likeness (QED) is 0.903. The fourth-order valence-corrected chi connectivity index (χ4v) is 4.06. The minimum Gasteiger partial charge on any atom is -0.328 e. The predicted molar refractivity (Wildman–Crippen MR) is 80.3 cm³/mol. The van der Waals surface area contributed by atoms with E-state index in [9.17, 15) is 0 Å². The first-order chi connectivity index (χ1) is 9.13. The van der Waals surface area contributed by atoms with E-state index < -0.39 is 0 Å². The molecule has 2 unspecified atom stereocenters. The van der Waals surface area contributed by atoms with Crippen LogP contribution in [0.4, 0.5) is 0 Å². The van der Waals surface area contributed by atoms with Gasteiger partial charge in [-0.05, 0) is 57.1 Å². The highest BCUT2D eigenvalue weighted by Gasteiger charge is 2.38. The molecule has 3 rings (SSSR count). The molecule has 0 aromatic heterocycles. The van der Waals surface area contributed by atoms with Crippen molar-refractivity contribution in [1.29, 1.82) is 0 Å². The number of rotatable bonds is 3. The van der Waals surface area contributed by atoms with Crippen molar-refractivity contribution in [1.82, 2.24) is 4.90 Å². The van der Waals surface area contributed by atoms with Gasteiger partial charge in [-0.3, -0.25) is 4.90 Å². The second-order valence-electron chi connectivity index (χ2n) is 6.53. The molecule has 2 saturated heterocycles. The maximum atomic E-state index is 6.14. The topological polar surface area (TPSA) is 29.3 Å². The largest absolute Gasteiger partial charge is 0.328 e. The Labute approximate surface area is 117 Å². The summed E-state index contributed by atoms with van der Waals surface area (Å²) in [6.07, 6.45) is 6.34. The lowest BCUT2D eigenvalue weighted by Gasteiger charge is -2.37. The van der Waals surface area contributed by atoms with Gasteiger partial charge in [0, 0.05) is 24.7 Å². The predicted octanol–water partition coefficient (Wildman–Crippen LogP) is 2.80. The van der Waals surface area contributed by atoms with Crippen molar-refractivity contribution in [3.05, 3.63) is 34.9 Å². The Bertz CT molecular complexity index is 441. The van der Waals surface area contributed by atoms with Crippen LogP contribution in [-0.2, 0) is 6.42 Å². The fraction of sp³-hybridized carbons (Fsp3) is 0.647. The van der Waals surface area contributed by atoms with Gasteiger partial charge < -0.3 is 5.73 Å². The van der Waals surface area contributed by atoms with E-state index in [0.29, 0.717) is 6.04 Å². The van der Waals surface area contributed by atoms with Crippen molar-refractivity contribution < 1.29 is 0 Å². The summed E-state index contributed by atoms with van der Waals surface area (Å²) in [5.74, 6) is 0. The van der Waals surface area contributed by atoms with Gasteiger partial charge in [0.1, 0.15) is 0 Å². The minimum absolute atomic E-state index is 0.454. The Kier molecular flexibility index (Phi) is 3.64. The highest BCUT2D eigenvalue weighted by Crippen LogP contribution is 2.35. The van der Waals surface area contributed by atoms with Crippen molar-refractivity contribution in [3.63, 3.8) is 0 Å². The summed E-state index contributed by atoms with van der Waals surface area (Å²) in [6.45, 7) is 5.62. The lowest BCUT2D eigenvalue weighted by molar-refractivity contribution is 0.129. The number of hydrogen-bond donors (Lipinski definition) is 1. The first kappa shape index (κ1) is 13.1. The summed E-state index contributed by atoms with van der Waals surface area (Å²) in [6, 6.07) is 8.83. The molecule has 0 amide bonds. The second kappa shape index (κ2) is 5.26. The maximum absolute atomic E-state index is 6.14. The highest BCUT2D eigenvalue weighted by atomic mass is 15.2. The Morgan fingerprint density at radius 1 is 1.16 bits per heavy atom. The Hall–Kier alpha value is -0.860. The second-order valence-corrected chi connectivity index (χ2v) is 6.53. The van der Waals surface area contributed by atoms with Gasteiger partial charge in [0.25, 0.3) is 0 Å². The zero-order valence-corrected chi connectivity index (χ0v) is 12.2. The van der Waals surface area contributed by atoms with Crippen LogP contribution in [0, 0.1) is 13.8 Å². The molecule has 0 spiro atoms. The number of fused-ring (bicyclic) bond motifs is 2. The standard InChI is InChI=1S/C17H26N2/c1-12-3-4-14(13(2)9-12)7-8-19-16-5-6-17(19)11-15(18)10-16/h3-4,9,15-17H,5-8,10-11,18H2,1-2H3. The van der Waals surface area contributed by atoms with E-state index in [-0.39, 0.29) is 0 Å². The maximum Gasteiger partial charge on any atom is 0.0114 e. The molecule has 2 fully saturated rings. The SMILES string of the molecule is Cc1ccc(CCN2C3CCC2CC(N)C3)c(C)c1. The number of piperidine rings is 1. The molecule has 19 heavy (non-hydrogen) atoms. The molecule has 104 valence electrons. The number of hydrogen-bond acceptors (Lipinski definition) is 2. The number of nitrogens with zero attached hydrogens (tertiary/aromatic N) is 1. The van der Waals surface area contributed by atoms with Crippen molar-refractivity contribution >= 4 is 0 Å². The van der Waals surface area contributed by atoms with Gasteiger partial charge in [0.2, 0.25) is 0 Å². The summed E-state index contributed by atoms with van der Waals surface area (Å²) in [5, 5.41) is 0. The van der Waals surface area contributed by atoms with E-state index in [1.165, 1.54) is 55.3 Å². The van der Waals surface area contributed by atoms with Crippen molar-refractivity contribution in [2.75, 3.05) is 6.54 Å². The van der Waals surface area contributed by atoms with Crippen LogP contribution in [0.2, 0.25) is 0 Å². The Morgan fingerprint density at radius 3 is 2.47 bits per heavy atom. The smallest absolute Gasteiger partial charge is 0.0114 e. The van der Waals surface area contributed by atoms with Crippen LogP contribution >= 0.6 is 0 Å². The molecule has 2 aliphatic rings. The molecule has 2 atom stereocenters. The molecule has 2 heterocycles. The highest BCUT2D eigenvalue weighted by molar-refractivity contribution is 5.30. The third-order valence-electron chi connectivity index (χ3n) is 5.06. The summed E-state index contributed by atoms with van der Waals surface area (Å²) < 4.78 is 0. The molecule has 2 nitrogen and oxygen atoms in total. The van der Waals surface area contributed by atoms with Gasteiger partial charge in [-0.25, -0.2) is 0 Å². The zero-order chi connectivity index (χ0) is 13.4. The van der Waals surface area contributed by atoms with E-state index in [2.05, 4.69) is 36.9 Å². The molecule has 0 aliphatic carbocycles. The summed E-state index contributed by atoms with van der Waals surface area (Å²) in [7, 11) is 0. The first-order valence-corrected chi connectivity index (χ1v) is 7.71. The van der Waals surface area contributed by atoms with Crippen LogP contribution in [0.3, 0.4) is 0 Å². The van der Waals surface area contributed by atoms with Gasteiger partial charge in [-0.2, -0.15) is 0 Å². The van der Waals surface area contributed by atoms with Gasteiger partial charge in [0.05, 0.1) is 0 Å². The van der Waals surface area contributed by atoms with E-state index in [4.69, 9.17) is 5.73 Å². The first-order valence-electron chi connectivity index (χ1n) is 7.71. The minimum atomic E-state index is 0.454. The average molecular weight is 258 g/mol. The third-order valence-corrected chi connectivity index (χ3v) is 5.06. The van der Waals surface area contributed by atoms with Crippen LogP contribution in [0.5, 0.6) is 0 Å². The molecule has 2 bridgehead atoms. The summed E-state index contributed by atoms with van der Waals surface area (Å²) in [4.78, 5) is 2.74. The van der Waals surface area contributed by atoms with E-state index in [1.807, 2.05) is 0 Å². The van der Waals surface area contributed by atoms with Gasteiger partial charge in [-0.15, -0.1) is 0 Å². The Morgan fingerprint density at radius 2 is 1.84 bits per heavy atom. The lowest BCUT2D eigenvalue weighted by Crippen LogP contribution is -2.48. The van der Waals surface area contributed by atoms with Gasteiger partial charge in [-0.1, -0.05) is 23.8 Å². The molecule has 2 aliphatic heterocycles. The Balaban J connectivity index is 1.64. The molecule has 1 aromatic rings. The van der Waals surface area contributed by atoms with Gasteiger partial charge >= 0.3 is 0 Å². The van der Waals surface area contributed by atoms with E-state index in [1.54, 1.807) is 0 Å². The molecular weight excluding hydrogens is 232 g/mol. The molecule has 2 heteroatoms. The van der Waals surface area contributed by atoms with E-state index in [0.717, 1.165) is 12.1 Å². The fourth-order valence-electron chi connectivity index (χ4n) is 4.06. The van der Waals surface area contributed by atoms with E-state index >= 15 is 0 Å². The summed E-state index contributed by atoms with van der Waals surface area (Å²) >= 11 is 0. The average Bonchev–Trinajstić information content (AvgIpc) is 2.60. The number of aryl methyl sites for hydroxylation is 2. The van der Waals surface area contributed by atoms with Crippen LogP contribution in [0.1, 0.15) is 42.4 Å².